The van der Waals surface area contributed by atoms with Crippen molar-refractivity contribution in [3.8, 4) is 0 Å². The fourth-order valence-electron chi connectivity index (χ4n) is 0.964. The number of hydrogen-bond acceptors (Lipinski definition) is 3. The Bertz CT molecular complexity index is 112. The Hall–Kier alpha value is -0.120. The Balaban J connectivity index is 4.10. The standard InChI is InChI=1S/C8H18O3/c1-6(4-9)7(11)8(2,3)5-10/h6-7,9-11H,4-5H2,1-3H3/t6-,7-/m1/s1. The molecule has 0 aromatic rings. The third kappa shape index (κ3) is 2.77. The third-order valence-electron chi connectivity index (χ3n) is 2.04. The number of rotatable bonds is 4. The van der Waals surface area contributed by atoms with Crippen LogP contribution in [0.25, 0.3) is 0 Å². The van der Waals surface area contributed by atoms with Crippen LogP contribution in [-0.2, 0) is 0 Å². The van der Waals surface area contributed by atoms with Gasteiger partial charge in [-0.2, -0.15) is 0 Å². The van der Waals surface area contributed by atoms with E-state index in [-0.39, 0.29) is 19.1 Å². The van der Waals surface area contributed by atoms with Gasteiger partial charge in [0.25, 0.3) is 0 Å². The molecule has 0 fully saturated rings. The molecule has 68 valence electrons. The number of hydrogen-bond donors (Lipinski definition) is 3. The topological polar surface area (TPSA) is 60.7 Å². The minimum Gasteiger partial charge on any atom is -0.396 e. The van der Waals surface area contributed by atoms with Crippen LogP contribution in [0.3, 0.4) is 0 Å². The second kappa shape index (κ2) is 4.04. The molecule has 0 unspecified atom stereocenters. The van der Waals surface area contributed by atoms with Crippen molar-refractivity contribution in [3.05, 3.63) is 0 Å². The van der Waals surface area contributed by atoms with Crippen molar-refractivity contribution in [3.63, 3.8) is 0 Å². The lowest BCUT2D eigenvalue weighted by Crippen LogP contribution is -2.38. The summed E-state index contributed by atoms with van der Waals surface area (Å²) in [4.78, 5) is 0. The first kappa shape index (κ1) is 10.9. The Labute approximate surface area is 67.7 Å². The van der Waals surface area contributed by atoms with Crippen LogP contribution < -0.4 is 0 Å². The predicted octanol–water partition coefficient (Wildman–Crippen LogP) is -0.00580. The van der Waals surface area contributed by atoms with Gasteiger partial charge in [-0.25, -0.2) is 0 Å². The lowest BCUT2D eigenvalue weighted by molar-refractivity contribution is -0.0385. The van der Waals surface area contributed by atoms with Crippen molar-refractivity contribution < 1.29 is 15.3 Å². The molecule has 0 spiro atoms. The molecule has 0 aromatic heterocycles. The molecule has 0 aliphatic rings. The molecule has 3 heteroatoms. The van der Waals surface area contributed by atoms with Gasteiger partial charge in [-0.1, -0.05) is 20.8 Å². The van der Waals surface area contributed by atoms with Gasteiger partial charge in [-0.3, -0.25) is 0 Å². The van der Waals surface area contributed by atoms with Crippen LogP contribution in [0.2, 0.25) is 0 Å². The van der Waals surface area contributed by atoms with E-state index in [1.807, 2.05) is 0 Å². The van der Waals surface area contributed by atoms with E-state index in [1.54, 1.807) is 20.8 Å². The molecule has 0 bridgehead atoms. The summed E-state index contributed by atoms with van der Waals surface area (Å²) in [6.07, 6.45) is -0.655. The monoisotopic (exact) mass is 162 g/mol. The summed E-state index contributed by atoms with van der Waals surface area (Å²) < 4.78 is 0. The maximum atomic E-state index is 9.53. The molecular weight excluding hydrogens is 144 g/mol. The highest BCUT2D eigenvalue weighted by Crippen LogP contribution is 2.24. The van der Waals surface area contributed by atoms with Crippen LogP contribution >= 0.6 is 0 Å². The molecule has 11 heavy (non-hydrogen) atoms. The van der Waals surface area contributed by atoms with Gasteiger partial charge in [-0.15, -0.1) is 0 Å². The van der Waals surface area contributed by atoms with E-state index < -0.39 is 11.5 Å². The average molecular weight is 162 g/mol. The third-order valence-corrected chi connectivity index (χ3v) is 2.04. The van der Waals surface area contributed by atoms with Crippen LogP contribution in [0, 0.1) is 11.3 Å². The van der Waals surface area contributed by atoms with E-state index in [1.165, 1.54) is 0 Å². The lowest BCUT2D eigenvalue weighted by Gasteiger charge is -2.31. The van der Waals surface area contributed by atoms with Gasteiger partial charge in [0.05, 0.1) is 12.7 Å². The fraction of sp³-hybridized carbons (Fsp3) is 1.00. The van der Waals surface area contributed by atoms with E-state index in [9.17, 15) is 5.11 Å². The van der Waals surface area contributed by atoms with Crippen LogP contribution in [0.1, 0.15) is 20.8 Å². The summed E-state index contributed by atoms with van der Waals surface area (Å²) >= 11 is 0. The second-order valence-corrected chi connectivity index (χ2v) is 3.75. The largest absolute Gasteiger partial charge is 0.396 e. The highest BCUT2D eigenvalue weighted by atomic mass is 16.3. The molecule has 0 rings (SSSR count). The van der Waals surface area contributed by atoms with Gasteiger partial charge >= 0.3 is 0 Å². The highest BCUT2D eigenvalue weighted by Gasteiger charge is 2.30. The van der Waals surface area contributed by atoms with Gasteiger partial charge in [-0.05, 0) is 0 Å². The molecule has 2 atom stereocenters. The van der Waals surface area contributed by atoms with E-state index in [0.717, 1.165) is 0 Å². The molecular formula is C8H18O3. The van der Waals surface area contributed by atoms with Crippen molar-refractivity contribution in [2.45, 2.75) is 26.9 Å². The zero-order chi connectivity index (χ0) is 9.07. The maximum absolute atomic E-state index is 9.53. The summed E-state index contributed by atoms with van der Waals surface area (Å²) in [5.74, 6) is -0.183. The van der Waals surface area contributed by atoms with Crippen molar-refractivity contribution >= 4 is 0 Å². The Morgan fingerprint density at radius 1 is 1.27 bits per heavy atom. The molecule has 3 nitrogen and oxygen atoms in total. The summed E-state index contributed by atoms with van der Waals surface area (Å²) in [6, 6.07) is 0. The molecule has 0 radical (unpaired) electrons. The molecule has 0 aromatic carbocycles. The van der Waals surface area contributed by atoms with Crippen LogP contribution in [0.15, 0.2) is 0 Å². The Kier molecular flexibility index (Phi) is 4.00. The number of aliphatic hydroxyl groups is 3. The summed E-state index contributed by atoms with van der Waals surface area (Å²) in [6.45, 7) is 5.17. The minimum absolute atomic E-state index is 0.0510. The average Bonchev–Trinajstić information content (AvgIpc) is 2.01. The fourth-order valence-corrected chi connectivity index (χ4v) is 0.964. The van der Waals surface area contributed by atoms with Crippen LogP contribution in [-0.4, -0.2) is 34.6 Å². The van der Waals surface area contributed by atoms with E-state index in [4.69, 9.17) is 10.2 Å². The van der Waals surface area contributed by atoms with Crippen molar-refractivity contribution in [1.82, 2.24) is 0 Å². The molecule has 0 aliphatic heterocycles. The van der Waals surface area contributed by atoms with Crippen molar-refractivity contribution in [2.24, 2.45) is 11.3 Å². The van der Waals surface area contributed by atoms with Gasteiger partial charge in [0.15, 0.2) is 0 Å². The Morgan fingerprint density at radius 3 is 2.00 bits per heavy atom. The van der Waals surface area contributed by atoms with Crippen molar-refractivity contribution in [1.29, 1.82) is 0 Å². The van der Waals surface area contributed by atoms with Gasteiger partial charge in [0, 0.05) is 17.9 Å². The molecule has 0 aliphatic carbocycles. The van der Waals surface area contributed by atoms with Gasteiger partial charge in [0.2, 0.25) is 0 Å². The van der Waals surface area contributed by atoms with E-state index in [2.05, 4.69) is 0 Å². The van der Waals surface area contributed by atoms with Crippen LogP contribution in [0.5, 0.6) is 0 Å². The molecule has 0 saturated heterocycles. The summed E-state index contributed by atoms with van der Waals surface area (Å²) in [5.41, 5.74) is -0.526. The highest BCUT2D eigenvalue weighted by molar-refractivity contribution is 4.80. The normalized spacial score (nSPS) is 18.0. The van der Waals surface area contributed by atoms with E-state index >= 15 is 0 Å². The zero-order valence-corrected chi connectivity index (χ0v) is 7.41. The first-order valence-corrected chi connectivity index (χ1v) is 3.85. The maximum Gasteiger partial charge on any atom is 0.0660 e. The summed E-state index contributed by atoms with van der Waals surface area (Å²) in [5, 5.41) is 27.1. The molecule has 0 heterocycles. The minimum atomic E-state index is -0.655. The van der Waals surface area contributed by atoms with Crippen LogP contribution in [0.4, 0.5) is 0 Å². The van der Waals surface area contributed by atoms with Crippen molar-refractivity contribution in [2.75, 3.05) is 13.2 Å². The van der Waals surface area contributed by atoms with Gasteiger partial charge in [0.1, 0.15) is 0 Å². The molecule has 0 saturated carbocycles. The predicted molar refractivity (Wildman–Crippen MR) is 43.1 cm³/mol. The second-order valence-electron chi connectivity index (χ2n) is 3.75. The lowest BCUT2D eigenvalue weighted by atomic mass is 9.81. The number of aliphatic hydroxyl groups excluding tert-OH is 3. The first-order chi connectivity index (χ1) is 4.95. The Morgan fingerprint density at radius 2 is 1.73 bits per heavy atom. The first-order valence-electron chi connectivity index (χ1n) is 3.85. The van der Waals surface area contributed by atoms with E-state index in [0.29, 0.717) is 0 Å². The van der Waals surface area contributed by atoms with Gasteiger partial charge < -0.3 is 15.3 Å². The smallest absolute Gasteiger partial charge is 0.0660 e. The molecule has 0 amide bonds. The molecule has 3 N–H and O–H groups in total. The quantitative estimate of drug-likeness (QED) is 0.545. The SMILES string of the molecule is C[C@H](CO)[C@@H](O)C(C)(C)CO. The zero-order valence-electron chi connectivity index (χ0n) is 7.41. The summed E-state index contributed by atoms with van der Waals surface area (Å²) in [7, 11) is 0.